The van der Waals surface area contributed by atoms with E-state index in [1.165, 1.54) is 0 Å². The van der Waals surface area contributed by atoms with Gasteiger partial charge in [-0.2, -0.15) is 0 Å². The number of aliphatic imine (C=N–C) groups is 1. The van der Waals surface area contributed by atoms with Crippen molar-refractivity contribution in [2.45, 2.75) is 45.7 Å². The van der Waals surface area contributed by atoms with Crippen LogP contribution in [0, 0.1) is 0 Å². The molecule has 0 aliphatic heterocycles. The van der Waals surface area contributed by atoms with Gasteiger partial charge in [0.1, 0.15) is 0 Å². The van der Waals surface area contributed by atoms with E-state index in [-0.39, 0.29) is 0 Å². The van der Waals surface area contributed by atoms with Crippen molar-refractivity contribution in [3.05, 3.63) is 41.3 Å². The zero-order valence-corrected chi connectivity index (χ0v) is 15.9. The van der Waals surface area contributed by atoms with E-state index in [1.807, 2.05) is 24.3 Å². The Morgan fingerprint density at radius 3 is 2.58 bits per heavy atom. The lowest BCUT2D eigenvalue weighted by atomic mass is 9.99. The predicted molar refractivity (Wildman–Crippen MR) is 102 cm³/mol. The zero-order valence-electron chi connectivity index (χ0n) is 15.9. The summed E-state index contributed by atoms with van der Waals surface area (Å²) >= 11 is 0. The van der Waals surface area contributed by atoms with Crippen LogP contribution in [0.15, 0.2) is 33.8 Å². The zero-order chi connectivity index (χ0) is 18.9. The summed E-state index contributed by atoms with van der Waals surface area (Å²) in [7, 11) is 3.21. The van der Waals surface area contributed by atoms with Crippen LogP contribution in [-0.4, -0.2) is 25.3 Å². The van der Waals surface area contributed by atoms with Gasteiger partial charge < -0.3 is 25.0 Å². The Bertz CT molecular complexity index is 723. The van der Waals surface area contributed by atoms with Crippen molar-refractivity contribution in [3.63, 3.8) is 0 Å². The normalized spacial score (nSPS) is 11.7. The Balaban J connectivity index is 1.91. The molecular formula is C19H28N4O3. The van der Waals surface area contributed by atoms with Crippen LogP contribution in [0.4, 0.5) is 0 Å². The second-order valence-corrected chi connectivity index (χ2v) is 5.98. The number of methoxy groups -OCH3 is 2. The summed E-state index contributed by atoms with van der Waals surface area (Å²) in [5.41, 5.74) is 7.90. The first-order valence-corrected chi connectivity index (χ1v) is 8.81. The highest BCUT2D eigenvalue weighted by Crippen LogP contribution is 2.27. The molecule has 0 fully saturated rings. The molecular weight excluding hydrogens is 332 g/mol. The molecule has 0 unspecified atom stereocenters. The van der Waals surface area contributed by atoms with Crippen LogP contribution in [0.5, 0.6) is 11.5 Å². The van der Waals surface area contributed by atoms with E-state index in [4.69, 9.17) is 19.7 Å². The molecule has 0 bridgehead atoms. The highest BCUT2D eigenvalue weighted by atomic mass is 16.5. The van der Waals surface area contributed by atoms with Crippen molar-refractivity contribution < 1.29 is 14.0 Å². The van der Waals surface area contributed by atoms with Crippen molar-refractivity contribution >= 4 is 5.96 Å². The van der Waals surface area contributed by atoms with Crippen molar-refractivity contribution in [2.75, 3.05) is 14.2 Å². The van der Waals surface area contributed by atoms with Crippen LogP contribution in [0.1, 0.15) is 49.6 Å². The maximum atomic E-state index is 5.94. The number of benzene rings is 1. The minimum absolute atomic E-state index is 0.347. The van der Waals surface area contributed by atoms with Gasteiger partial charge in [0.2, 0.25) is 0 Å². The summed E-state index contributed by atoms with van der Waals surface area (Å²) in [5.74, 6) is 2.88. The number of guanidine groups is 1. The number of rotatable bonds is 9. The Morgan fingerprint density at radius 1 is 1.19 bits per heavy atom. The first kappa shape index (κ1) is 19.6. The fraction of sp³-hybridized carbons (Fsp3) is 0.474. The molecule has 0 atom stereocenters. The Labute approximate surface area is 154 Å². The number of hydrogen-bond acceptors (Lipinski definition) is 5. The van der Waals surface area contributed by atoms with Crippen molar-refractivity contribution in [1.82, 2.24) is 10.5 Å². The molecule has 0 aliphatic carbocycles. The summed E-state index contributed by atoms with van der Waals surface area (Å²) in [6.45, 7) is 5.20. The van der Waals surface area contributed by atoms with E-state index in [0.717, 1.165) is 29.9 Å². The Kier molecular flexibility index (Phi) is 7.32. The third-order valence-electron chi connectivity index (χ3n) is 4.30. The van der Waals surface area contributed by atoms with Crippen LogP contribution in [0.3, 0.4) is 0 Å². The lowest BCUT2D eigenvalue weighted by Crippen LogP contribution is -2.31. The molecule has 0 aliphatic rings. The molecule has 7 nitrogen and oxygen atoms in total. The number of nitrogens with two attached hydrogens (primary N) is 1. The van der Waals surface area contributed by atoms with Gasteiger partial charge in [-0.3, -0.25) is 0 Å². The molecule has 1 aromatic heterocycles. The topological polar surface area (TPSA) is 94.9 Å². The first-order valence-electron chi connectivity index (χ1n) is 8.81. The summed E-state index contributed by atoms with van der Waals surface area (Å²) in [6, 6.07) is 7.64. The van der Waals surface area contributed by atoms with Gasteiger partial charge in [-0.15, -0.1) is 0 Å². The van der Waals surface area contributed by atoms with Crippen LogP contribution >= 0.6 is 0 Å². The van der Waals surface area contributed by atoms with Crippen LogP contribution in [0.2, 0.25) is 0 Å². The average Bonchev–Trinajstić information content (AvgIpc) is 3.14. The molecule has 3 N–H and O–H groups in total. The number of ether oxygens (including phenoxy) is 2. The predicted octanol–water partition coefficient (Wildman–Crippen LogP) is 3.20. The summed E-state index contributed by atoms with van der Waals surface area (Å²) in [5, 5.41) is 7.19. The van der Waals surface area contributed by atoms with Gasteiger partial charge in [-0.25, -0.2) is 4.99 Å². The van der Waals surface area contributed by atoms with E-state index in [1.54, 1.807) is 14.2 Å². The van der Waals surface area contributed by atoms with Gasteiger partial charge in [-0.1, -0.05) is 25.1 Å². The maximum absolute atomic E-state index is 5.94. The van der Waals surface area contributed by atoms with Gasteiger partial charge >= 0.3 is 0 Å². The third kappa shape index (κ3) is 5.15. The lowest BCUT2D eigenvalue weighted by Gasteiger charge is -2.09. The SMILES string of the molecule is CCC(CC)c1cc(CNC(N)=NCc2ccc(OC)c(OC)c2)on1. The standard InChI is InChI=1S/C19H28N4O3/c1-5-14(6-2)16-10-15(26-23-16)12-22-19(20)21-11-13-7-8-17(24-3)18(9-13)25-4/h7-10,14H,5-6,11-12H2,1-4H3,(H3,20,21,22). The smallest absolute Gasteiger partial charge is 0.189 e. The molecule has 1 aromatic carbocycles. The maximum Gasteiger partial charge on any atom is 0.189 e. The molecule has 142 valence electrons. The first-order chi connectivity index (χ1) is 12.6. The van der Waals surface area contributed by atoms with Gasteiger partial charge in [0.15, 0.2) is 23.2 Å². The molecule has 1 heterocycles. The molecule has 0 radical (unpaired) electrons. The van der Waals surface area contributed by atoms with E-state index in [0.29, 0.717) is 36.5 Å². The summed E-state index contributed by atoms with van der Waals surface area (Å²) in [6.07, 6.45) is 2.09. The molecule has 26 heavy (non-hydrogen) atoms. The molecule has 2 rings (SSSR count). The molecule has 0 saturated carbocycles. The van der Waals surface area contributed by atoms with E-state index in [2.05, 4.69) is 29.3 Å². The number of nitrogens with one attached hydrogen (secondary N) is 1. The highest BCUT2D eigenvalue weighted by Gasteiger charge is 2.12. The van der Waals surface area contributed by atoms with E-state index < -0.39 is 0 Å². The van der Waals surface area contributed by atoms with Crippen molar-refractivity contribution in [2.24, 2.45) is 10.7 Å². The molecule has 7 heteroatoms. The van der Waals surface area contributed by atoms with E-state index in [9.17, 15) is 0 Å². The molecule has 2 aromatic rings. The van der Waals surface area contributed by atoms with Crippen LogP contribution < -0.4 is 20.5 Å². The van der Waals surface area contributed by atoms with Crippen molar-refractivity contribution in [1.29, 1.82) is 0 Å². The minimum atomic E-state index is 0.347. The summed E-state index contributed by atoms with van der Waals surface area (Å²) < 4.78 is 15.9. The average molecular weight is 360 g/mol. The Morgan fingerprint density at radius 2 is 1.92 bits per heavy atom. The number of nitrogens with zero attached hydrogens (tertiary/aromatic N) is 2. The Hall–Kier alpha value is -2.70. The fourth-order valence-electron chi connectivity index (χ4n) is 2.70. The second-order valence-electron chi connectivity index (χ2n) is 5.98. The monoisotopic (exact) mass is 360 g/mol. The van der Waals surface area contributed by atoms with Gasteiger partial charge in [0.05, 0.1) is 33.0 Å². The quantitative estimate of drug-likeness (QED) is 0.527. The highest BCUT2D eigenvalue weighted by molar-refractivity contribution is 5.77. The molecule has 0 saturated heterocycles. The second kappa shape index (κ2) is 9.70. The minimum Gasteiger partial charge on any atom is -0.493 e. The number of hydrogen-bond donors (Lipinski definition) is 2. The van der Waals surface area contributed by atoms with Crippen LogP contribution in [0.25, 0.3) is 0 Å². The van der Waals surface area contributed by atoms with Gasteiger partial charge in [0.25, 0.3) is 0 Å². The van der Waals surface area contributed by atoms with Gasteiger partial charge in [-0.05, 0) is 30.5 Å². The fourth-order valence-corrected chi connectivity index (χ4v) is 2.70. The van der Waals surface area contributed by atoms with Crippen molar-refractivity contribution in [3.8, 4) is 11.5 Å². The third-order valence-corrected chi connectivity index (χ3v) is 4.30. The summed E-state index contributed by atoms with van der Waals surface area (Å²) in [4.78, 5) is 4.34. The van der Waals surface area contributed by atoms with Crippen LogP contribution in [-0.2, 0) is 13.1 Å². The largest absolute Gasteiger partial charge is 0.493 e. The van der Waals surface area contributed by atoms with Gasteiger partial charge in [0, 0.05) is 12.0 Å². The van der Waals surface area contributed by atoms with E-state index >= 15 is 0 Å². The number of aromatic nitrogens is 1. The lowest BCUT2D eigenvalue weighted by molar-refractivity contribution is 0.354. The molecule has 0 spiro atoms. The molecule has 0 amide bonds.